The number of nitrogens with zero attached hydrogens (tertiary/aromatic N) is 4. The SMILES string of the molecule is Cc1nc(C)n(CC2CCCN(CC=Cc3ccccc3)C2)n1. The Morgan fingerprint density at radius 1 is 1.22 bits per heavy atom. The first-order chi connectivity index (χ1) is 11.2. The minimum atomic E-state index is 0.675. The maximum Gasteiger partial charge on any atom is 0.147 e. The van der Waals surface area contributed by atoms with Crippen molar-refractivity contribution in [3.05, 3.63) is 53.6 Å². The van der Waals surface area contributed by atoms with Gasteiger partial charge in [0, 0.05) is 19.6 Å². The van der Waals surface area contributed by atoms with Crippen LogP contribution in [0.15, 0.2) is 36.4 Å². The maximum atomic E-state index is 4.50. The zero-order chi connectivity index (χ0) is 16.1. The van der Waals surface area contributed by atoms with Gasteiger partial charge in [0.15, 0.2) is 0 Å². The molecule has 1 unspecified atom stereocenters. The Labute approximate surface area is 138 Å². The molecule has 1 aromatic heterocycles. The van der Waals surface area contributed by atoms with Crippen molar-refractivity contribution < 1.29 is 0 Å². The Bertz CT molecular complexity index is 645. The molecule has 122 valence electrons. The summed E-state index contributed by atoms with van der Waals surface area (Å²) >= 11 is 0. The van der Waals surface area contributed by atoms with E-state index in [1.165, 1.54) is 24.9 Å². The highest BCUT2D eigenvalue weighted by Crippen LogP contribution is 2.18. The van der Waals surface area contributed by atoms with Gasteiger partial charge in [0.2, 0.25) is 0 Å². The predicted molar refractivity (Wildman–Crippen MR) is 94.1 cm³/mol. The van der Waals surface area contributed by atoms with Crippen LogP contribution in [0.25, 0.3) is 6.08 Å². The number of piperidine rings is 1. The number of aryl methyl sites for hydroxylation is 2. The average Bonchev–Trinajstić information content (AvgIpc) is 2.86. The first-order valence-corrected chi connectivity index (χ1v) is 8.53. The van der Waals surface area contributed by atoms with Gasteiger partial charge in [-0.05, 0) is 44.7 Å². The molecule has 3 rings (SSSR count). The smallest absolute Gasteiger partial charge is 0.147 e. The van der Waals surface area contributed by atoms with Gasteiger partial charge in [0.25, 0.3) is 0 Å². The number of likely N-dealkylation sites (tertiary alicyclic amines) is 1. The first kappa shape index (κ1) is 15.9. The average molecular weight is 310 g/mol. The van der Waals surface area contributed by atoms with Crippen molar-refractivity contribution in [1.29, 1.82) is 0 Å². The lowest BCUT2D eigenvalue weighted by molar-refractivity contribution is 0.173. The third kappa shape index (κ3) is 4.52. The zero-order valence-corrected chi connectivity index (χ0v) is 14.2. The van der Waals surface area contributed by atoms with Crippen LogP contribution in [0.2, 0.25) is 0 Å². The highest BCUT2D eigenvalue weighted by atomic mass is 15.3. The molecule has 23 heavy (non-hydrogen) atoms. The molecule has 1 aliphatic rings. The minimum absolute atomic E-state index is 0.675. The quantitative estimate of drug-likeness (QED) is 0.849. The normalized spacial score (nSPS) is 19.5. The van der Waals surface area contributed by atoms with Crippen LogP contribution in [-0.4, -0.2) is 39.3 Å². The molecule has 0 radical (unpaired) electrons. The van der Waals surface area contributed by atoms with E-state index in [0.717, 1.165) is 31.3 Å². The molecular formula is C19H26N4. The second-order valence-corrected chi connectivity index (χ2v) is 6.47. The van der Waals surface area contributed by atoms with E-state index in [1.54, 1.807) is 0 Å². The number of hydrogen-bond donors (Lipinski definition) is 0. The summed E-state index contributed by atoms with van der Waals surface area (Å²) in [6, 6.07) is 10.5. The van der Waals surface area contributed by atoms with Crippen molar-refractivity contribution in [2.24, 2.45) is 5.92 Å². The summed E-state index contributed by atoms with van der Waals surface area (Å²) in [7, 11) is 0. The van der Waals surface area contributed by atoms with Crippen molar-refractivity contribution in [1.82, 2.24) is 19.7 Å². The second kappa shape index (κ2) is 7.55. The molecule has 0 amide bonds. The molecule has 0 bridgehead atoms. The highest BCUT2D eigenvalue weighted by Gasteiger charge is 2.20. The third-order valence-electron chi connectivity index (χ3n) is 4.47. The number of hydrogen-bond acceptors (Lipinski definition) is 3. The Hall–Kier alpha value is -1.94. The lowest BCUT2D eigenvalue weighted by atomic mass is 9.98. The molecule has 4 heteroatoms. The summed E-state index contributed by atoms with van der Waals surface area (Å²) in [5.41, 5.74) is 1.27. The van der Waals surface area contributed by atoms with Gasteiger partial charge in [0.05, 0.1) is 0 Å². The minimum Gasteiger partial charge on any atom is -0.299 e. The van der Waals surface area contributed by atoms with E-state index in [4.69, 9.17) is 0 Å². The molecule has 1 aliphatic heterocycles. The molecule has 1 atom stereocenters. The van der Waals surface area contributed by atoms with E-state index < -0.39 is 0 Å². The zero-order valence-electron chi connectivity index (χ0n) is 14.2. The van der Waals surface area contributed by atoms with Gasteiger partial charge in [-0.25, -0.2) is 9.67 Å². The van der Waals surface area contributed by atoms with E-state index in [2.05, 4.69) is 62.1 Å². The van der Waals surface area contributed by atoms with Crippen LogP contribution in [0.5, 0.6) is 0 Å². The highest BCUT2D eigenvalue weighted by molar-refractivity contribution is 5.48. The number of aromatic nitrogens is 3. The molecular weight excluding hydrogens is 284 g/mol. The van der Waals surface area contributed by atoms with Gasteiger partial charge < -0.3 is 0 Å². The van der Waals surface area contributed by atoms with Crippen LogP contribution >= 0.6 is 0 Å². The Balaban J connectivity index is 1.52. The van der Waals surface area contributed by atoms with Gasteiger partial charge >= 0.3 is 0 Å². The van der Waals surface area contributed by atoms with Crippen molar-refractivity contribution in [2.45, 2.75) is 33.2 Å². The van der Waals surface area contributed by atoms with Crippen LogP contribution in [-0.2, 0) is 6.54 Å². The van der Waals surface area contributed by atoms with Gasteiger partial charge in [-0.3, -0.25) is 4.90 Å². The summed E-state index contributed by atoms with van der Waals surface area (Å²) in [4.78, 5) is 6.95. The lowest BCUT2D eigenvalue weighted by Gasteiger charge is -2.32. The topological polar surface area (TPSA) is 34.0 Å². The Morgan fingerprint density at radius 2 is 2.04 bits per heavy atom. The van der Waals surface area contributed by atoms with E-state index in [-0.39, 0.29) is 0 Å². The van der Waals surface area contributed by atoms with Crippen molar-refractivity contribution in [2.75, 3.05) is 19.6 Å². The summed E-state index contributed by atoms with van der Waals surface area (Å²) in [6.07, 6.45) is 7.06. The lowest BCUT2D eigenvalue weighted by Crippen LogP contribution is -2.37. The second-order valence-electron chi connectivity index (χ2n) is 6.47. The largest absolute Gasteiger partial charge is 0.299 e. The van der Waals surface area contributed by atoms with Crippen LogP contribution in [0, 0.1) is 19.8 Å². The van der Waals surface area contributed by atoms with E-state index in [9.17, 15) is 0 Å². The molecule has 0 N–H and O–H groups in total. The van der Waals surface area contributed by atoms with Gasteiger partial charge in [-0.15, -0.1) is 0 Å². The fraction of sp³-hybridized carbons (Fsp3) is 0.474. The van der Waals surface area contributed by atoms with E-state index in [0.29, 0.717) is 5.92 Å². The molecule has 2 aromatic rings. The molecule has 1 aromatic carbocycles. The van der Waals surface area contributed by atoms with Crippen LogP contribution in [0.4, 0.5) is 0 Å². The molecule has 2 heterocycles. The van der Waals surface area contributed by atoms with Gasteiger partial charge in [-0.2, -0.15) is 5.10 Å². The molecule has 0 aliphatic carbocycles. The van der Waals surface area contributed by atoms with Crippen LogP contribution in [0.3, 0.4) is 0 Å². The van der Waals surface area contributed by atoms with Crippen LogP contribution < -0.4 is 0 Å². The fourth-order valence-electron chi connectivity index (χ4n) is 3.35. The fourth-order valence-corrected chi connectivity index (χ4v) is 3.35. The van der Waals surface area contributed by atoms with E-state index in [1.807, 2.05) is 13.8 Å². The number of rotatable bonds is 5. The third-order valence-corrected chi connectivity index (χ3v) is 4.47. The molecule has 1 saturated heterocycles. The number of benzene rings is 1. The van der Waals surface area contributed by atoms with Crippen molar-refractivity contribution in [3.8, 4) is 0 Å². The predicted octanol–water partition coefficient (Wildman–Crippen LogP) is 3.32. The summed E-state index contributed by atoms with van der Waals surface area (Å²) in [5.74, 6) is 2.58. The Kier molecular flexibility index (Phi) is 5.23. The Morgan fingerprint density at radius 3 is 2.78 bits per heavy atom. The molecule has 0 spiro atoms. The van der Waals surface area contributed by atoms with Gasteiger partial charge in [0.1, 0.15) is 11.6 Å². The standard InChI is InChI=1S/C19H26N4/c1-16-20-17(2)23(21-16)15-19-11-7-13-22(14-19)12-6-10-18-8-4-3-5-9-18/h3-6,8-10,19H,7,11-15H2,1-2H3. The summed E-state index contributed by atoms with van der Waals surface area (Å²) in [6.45, 7) is 8.38. The molecule has 0 saturated carbocycles. The monoisotopic (exact) mass is 310 g/mol. The molecule has 4 nitrogen and oxygen atoms in total. The summed E-state index contributed by atoms with van der Waals surface area (Å²) in [5, 5.41) is 4.50. The van der Waals surface area contributed by atoms with Crippen molar-refractivity contribution >= 4 is 6.08 Å². The van der Waals surface area contributed by atoms with Crippen molar-refractivity contribution in [3.63, 3.8) is 0 Å². The van der Waals surface area contributed by atoms with E-state index >= 15 is 0 Å². The van der Waals surface area contributed by atoms with Gasteiger partial charge in [-0.1, -0.05) is 42.5 Å². The molecule has 1 fully saturated rings. The van der Waals surface area contributed by atoms with Crippen LogP contribution in [0.1, 0.15) is 30.1 Å². The summed E-state index contributed by atoms with van der Waals surface area (Å²) < 4.78 is 2.07. The maximum absolute atomic E-state index is 4.50. The first-order valence-electron chi connectivity index (χ1n) is 8.53.